The van der Waals surface area contributed by atoms with Crippen LogP contribution in [0, 0.1) is 17.6 Å². The number of halogens is 6. The Hall–Kier alpha value is -3.71. The molecule has 3 unspecified atom stereocenters. The molecule has 2 aromatic carbocycles. The summed E-state index contributed by atoms with van der Waals surface area (Å²) < 4.78 is 76.2. The molecule has 3 atom stereocenters. The molecule has 3 aromatic rings. The average molecular weight is 694 g/mol. The van der Waals surface area contributed by atoms with Crippen LogP contribution < -0.4 is 10.6 Å². The third kappa shape index (κ3) is 6.43. The molecule has 250 valence electrons. The van der Waals surface area contributed by atoms with E-state index in [4.69, 9.17) is 11.6 Å². The van der Waals surface area contributed by atoms with E-state index in [-0.39, 0.29) is 70.9 Å². The maximum absolute atomic E-state index is 15.5. The first-order valence-electron chi connectivity index (χ1n) is 15.0. The van der Waals surface area contributed by atoms with Crippen molar-refractivity contribution >= 4 is 52.2 Å². The molecule has 2 aliphatic heterocycles. The summed E-state index contributed by atoms with van der Waals surface area (Å²) in [4.78, 5) is 38.4. The smallest absolute Gasteiger partial charge is 0.352 e. The quantitative estimate of drug-likeness (QED) is 0.117. The van der Waals surface area contributed by atoms with Crippen molar-refractivity contribution in [2.75, 3.05) is 30.8 Å². The molecule has 2 aliphatic rings. The first-order valence-corrected chi connectivity index (χ1v) is 16.4. The van der Waals surface area contributed by atoms with Gasteiger partial charge in [-0.1, -0.05) is 31.2 Å². The summed E-state index contributed by atoms with van der Waals surface area (Å²) in [6.45, 7) is 9.53. The fraction of sp³-hybridized carbons (Fsp3) is 0.394. The van der Waals surface area contributed by atoms with Crippen LogP contribution in [0.2, 0.25) is 5.02 Å². The number of anilines is 1. The van der Waals surface area contributed by atoms with Crippen LogP contribution in [-0.2, 0) is 17.5 Å². The van der Waals surface area contributed by atoms with Crippen LogP contribution >= 0.6 is 23.4 Å². The van der Waals surface area contributed by atoms with Gasteiger partial charge >= 0.3 is 11.9 Å². The van der Waals surface area contributed by atoms with Gasteiger partial charge in [0.15, 0.2) is 0 Å². The van der Waals surface area contributed by atoms with Crippen LogP contribution in [0.3, 0.4) is 0 Å². The van der Waals surface area contributed by atoms with Gasteiger partial charge in [-0.05, 0) is 44.1 Å². The topological polar surface area (TPSA) is 70.8 Å². The Bertz CT molecular complexity index is 1860. The van der Waals surface area contributed by atoms with Gasteiger partial charge in [-0.3, -0.25) is 14.4 Å². The van der Waals surface area contributed by atoms with Crippen LogP contribution in [0.1, 0.15) is 32.8 Å². The molecular weight excluding hydrogens is 661 g/mol. The summed E-state index contributed by atoms with van der Waals surface area (Å²) in [6, 6.07) is 1.42. The summed E-state index contributed by atoms with van der Waals surface area (Å²) in [5, 5.41) is -0.501. The van der Waals surface area contributed by atoms with Gasteiger partial charge in [0.25, 0.3) is 0 Å². The number of alkyl halides is 3. The molecule has 0 bridgehead atoms. The number of piperazine rings is 1. The van der Waals surface area contributed by atoms with Crippen LogP contribution in [0.15, 0.2) is 57.2 Å². The molecule has 0 spiro atoms. The summed E-state index contributed by atoms with van der Waals surface area (Å²) in [5.41, 5.74) is -2.00. The Morgan fingerprint density at radius 1 is 1.15 bits per heavy atom. The van der Waals surface area contributed by atoms with E-state index in [1.54, 1.807) is 36.9 Å². The number of amides is 1. The summed E-state index contributed by atoms with van der Waals surface area (Å²) in [6.07, 6.45) is 0.455. The number of aliphatic imine (C=N–C) groups is 1. The first kappa shape index (κ1) is 34.6. The number of hydrogen-bond donors (Lipinski definition) is 0. The van der Waals surface area contributed by atoms with Crippen molar-refractivity contribution in [3.63, 3.8) is 0 Å². The highest BCUT2D eigenvalue weighted by molar-refractivity contribution is 7.99. The molecule has 7 nitrogen and oxygen atoms in total. The molecule has 14 heteroatoms. The standard InChI is InChI=1S/C33H33ClF5N5O2S/c1-6-8-19(12-40-5)20-15-43-29-22(31(41-32(43)46)42-13-17(3)44(18(4)14-42)27(45)7-2)9-23(33(37,38)39)28(30(29)47-16-20)21-10-24(34)26(36)11-25(21)35/h7-12,17-18,20H,2,6,13-16H2,1,3-5H3/b19-8+,40-12?. The van der Waals surface area contributed by atoms with Crippen molar-refractivity contribution in [2.45, 2.75) is 56.9 Å². The molecule has 0 radical (unpaired) electrons. The van der Waals surface area contributed by atoms with Crippen molar-refractivity contribution in [3.05, 3.63) is 75.2 Å². The molecule has 1 amide bonds. The number of benzene rings is 2. The summed E-state index contributed by atoms with van der Waals surface area (Å²) >= 11 is 7.05. The second-order valence-corrected chi connectivity index (χ2v) is 13.1. The predicted octanol–water partition coefficient (Wildman–Crippen LogP) is 7.38. The van der Waals surface area contributed by atoms with E-state index in [1.807, 2.05) is 13.0 Å². The third-order valence-electron chi connectivity index (χ3n) is 8.45. The number of aromatic nitrogens is 2. The van der Waals surface area contributed by atoms with Gasteiger partial charge in [0.05, 0.1) is 16.1 Å². The minimum Gasteiger partial charge on any atom is -0.352 e. The van der Waals surface area contributed by atoms with Crippen LogP contribution in [0.5, 0.6) is 0 Å². The number of thioether (sulfide) groups is 1. The number of allylic oxidation sites excluding steroid dienone is 2. The third-order valence-corrected chi connectivity index (χ3v) is 10.00. The fourth-order valence-corrected chi connectivity index (χ4v) is 8.10. The number of nitrogens with zero attached hydrogens (tertiary/aromatic N) is 5. The monoisotopic (exact) mass is 693 g/mol. The van der Waals surface area contributed by atoms with Gasteiger partial charge in [-0.25, -0.2) is 13.6 Å². The maximum atomic E-state index is 15.5. The Kier molecular flexibility index (Phi) is 9.89. The predicted molar refractivity (Wildman–Crippen MR) is 177 cm³/mol. The lowest BCUT2D eigenvalue weighted by molar-refractivity contribution is -0.137. The van der Waals surface area contributed by atoms with Crippen LogP contribution in [0.4, 0.5) is 27.8 Å². The summed E-state index contributed by atoms with van der Waals surface area (Å²) in [7, 11) is 1.60. The minimum absolute atomic E-state index is 0.00510. The molecule has 5 rings (SSSR count). The first-order chi connectivity index (χ1) is 22.2. The van der Waals surface area contributed by atoms with E-state index < -0.39 is 45.2 Å². The molecule has 1 aromatic heterocycles. The molecular formula is C33H33ClF5N5O2S. The Morgan fingerprint density at radius 3 is 2.43 bits per heavy atom. The van der Waals surface area contributed by atoms with E-state index in [1.165, 1.54) is 10.6 Å². The number of carbonyl (C=O) groups excluding carboxylic acids is 1. The van der Waals surface area contributed by atoms with Gasteiger partial charge in [0.2, 0.25) is 5.91 Å². The van der Waals surface area contributed by atoms with Crippen molar-refractivity contribution < 1.29 is 26.7 Å². The second kappa shape index (κ2) is 13.4. The van der Waals surface area contributed by atoms with Gasteiger partial charge in [0.1, 0.15) is 17.5 Å². The lowest BCUT2D eigenvalue weighted by Crippen LogP contribution is -2.58. The highest BCUT2D eigenvalue weighted by Crippen LogP contribution is 2.50. The number of rotatable bonds is 6. The van der Waals surface area contributed by atoms with Crippen LogP contribution in [0.25, 0.3) is 22.0 Å². The average Bonchev–Trinajstić information content (AvgIpc) is 3.21. The fourth-order valence-electron chi connectivity index (χ4n) is 6.55. The normalized spacial score (nSPS) is 20.6. The van der Waals surface area contributed by atoms with Gasteiger partial charge < -0.3 is 9.80 Å². The van der Waals surface area contributed by atoms with Crippen molar-refractivity contribution in [1.29, 1.82) is 0 Å². The Labute approximate surface area is 277 Å². The largest absolute Gasteiger partial charge is 0.417 e. The highest BCUT2D eigenvalue weighted by Gasteiger charge is 2.40. The molecule has 3 heterocycles. The summed E-state index contributed by atoms with van der Waals surface area (Å²) in [5.74, 6) is -2.74. The Morgan fingerprint density at radius 2 is 1.83 bits per heavy atom. The van der Waals surface area contributed by atoms with E-state index in [2.05, 4.69) is 16.6 Å². The van der Waals surface area contributed by atoms with Gasteiger partial charge in [-0.2, -0.15) is 18.2 Å². The zero-order valence-electron chi connectivity index (χ0n) is 26.2. The lowest BCUT2D eigenvalue weighted by atomic mass is 9.95. The van der Waals surface area contributed by atoms with Crippen molar-refractivity contribution in [1.82, 2.24) is 14.5 Å². The number of hydrogen-bond acceptors (Lipinski definition) is 6. The number of carbonyl (C=O) groups is 1. The minimum atomic E-state index is -4.99. The van der Waals surface area contributed by atoms with Crippen LogP contribution in [-0.4, -0.2) is 64.5 Å². The molecule has 1 saturated heterocycles. The molecule has 0 N–H and O–H groups in total. The molecule has 47 heavy (non-hydrogen) atoms. The maximum Gasteiger partial charge on any atom is 0.417 e. The zero-order chi connectivity index (χ0) is 34.4. The van der Waals surface area contributed by atoms with Gasteiger partial charge in [0, 0.05) is 84.1 Å². The van der Waals surface area contributed by atoms with E-state index in [9.17, 15) is 14.0 Å². The molecule has 0 aliphatic carbocycles. The zero-order valence-corrected chi connectivity index (χ0v) is 27.7. The van der Waals surface area contributed by atoms with E-state index in [0.717, 1.165) is 29.5 Å². The van der Waals surface area contributed by atoms with E-state index >= 15 is 17.6 Å². The van der Waals surface area contributed by atoms with Gasteiger partial charge in [-0.15, -0.1) is 11.8 Å². The highest BCUT2D eigenvalue weighted by atomic mass is 35.5. The molecule has 1 fully saturated rings. The van der Waals surface area contributed by atoms with Crippen molar-refractivity contribution in [2.24, 2.45) is 10.9 Å². The SMILES string of the molecule is C=CC(=O)N1C(C)CN(c2nc(=O)n3c4c(c(-c5cc(Cl)c(F)cc5F)c(C(F)(F)F)cc24)SCC(/C(C=NC)=C/CC)C3)CC1C. The Balaban J connectivity index is 1.86. The molecule has 0 saturated carbocycles. The van der Waals surface area contributed by atoms with Crippen molar-refractivity contribution in [3.8, 4) is 11.1 Å². The van der Waals surface area contributed by atoms with E-state index in [0.29, 0.717) is 12.5 Å². The lowest BCUT2D eigenvalue weighted by Gasteiger charge is -2.44. The second-order valence-electron chi connectivity index (χ2n) is 11.7.